The summed E-state index contributed by atoms with van der Waals surface area (Å²) in [6.07, 6.45) is 2.54. The summed E-state index contributed by atoms with van der Waals surface area (Å²) in [6, 6.07) is 1.29. The predicted octanol–water partition coefficient (Wildman–Crippen LogP) is 1.22. The number of piperidine rings is 1. The van der Waals surface area contributed by atoms with Crippen LogP contribution < -0.4 is 0 Å². The number of ether oxygens (including phenoxy) is 1. The van der Waals surface area contributed by atoms with Crippen LogP contribution in [0.25, 0.3) is 0 Å². The highest BCUT2D eigenvalue weighted by Crippen LogP contribution is 2.28. The van der Waals surface area contributed by atoms with Gasteiger partial charge in [0.1, 0.15) is 5.78 Å². The molecule has 3 heteroatoms. The summed E-state index contributed by atoms with van der Waals surface area (Å²) in [5.41, 5.74) is 0. The normalized spacial score (nSPS) is 35.7. The molecule has 0 amide bonds. The Kier molecular flexibility index (Phi) is 2.88. The van der Waals surface area contributed by atoms with Crippen LogP contribution in [0.15, 0.2) is 0 Å². The molecule has 0 spiro atoms. The number of rotatable bonds is 2. The Morgan fingerprint density at radius 1 is 1.43 bits per heavy atom. The Bertz CT molecular complexity index is 213. The zero-order valence-electron chi connectivity index (χ0n) is 9.03. The van der Waals surface area contributed by atoms with Crippen molar-refractivity contribution < 1.29 is 9.53 Å². The Morgan fingerprint density at radius 2 is 2.00 bits per heavy atom. The van der Waals surface area contributed by atoms with Crippen molar-refractivity contribution >= 4 is 5.78 Å². The van der Waals surface area contributed by atoms with Gasteiger partial charge in [-0.3, -0.25) is 9.69 Å². The van der Waals surface area contributed by atoms with Crippen LogP contribution in [0.5, 0.6) is 0 Å². The number of hydrogen-bond donors (Lipinski definition) is 0. The Labute approximate surface area is 85.4 Å². The van der Waals surface area contributed by atoms with Crippen LogP contribution >= 0.6 is 0 Å². The molecule has 2 rings (SSSR count). The van der Waals surface area contributed by atoms with Gasteiger partial charge in [-0.25, -0.2) is 0 Å². The van der Waals surface area contributed by atoms with Crippen LogP contribution in [0.1, 0.15) is 33.1 Å². The molecular weight excluding hydrogens is 178 g/mol. The van der Waals surface area contributed by atoms with E-state index in [0.29, 0.717) is 36.8 Å². The van der Waals surface area contributed by atoms with Crippen LogP contribution in [0, 0.1) is 0 Å². The van der Waals surface area contributed by atoms with Crippen molar-refractivity contribution in [1.82, 2.24) is 4.90 Å². The summed E-state index contributed by atoms with van der Waals surface area (Å²) in [6.45, 7) is 5.94. The molecule has 3 unspecified atom stereocenters. The second-order valence-corrected chi connectivity index (χ2v) is 4.50. The Hall–Kier alpha value is -0.410. The zero-order valence-corrected chi connectivity index (χ0v) is 9.03. The summed E-state index contributed by atoms with van der Waals surface area (Å²) in [4.78, 5) is 14.0. The maximum atomic E-state index is 11.5. The highest BCUT2D eigenvalue weighted by Gasteiger charge is 2.39. The third-order valence-corrected chi connectivity index (χ3v) is 3.49. The second kappa shape index (κ2) is 3.99. The number of ketones is 1. The van der Waals surface area contributed by atoms with Gasteiger partial charge >= 0.3 is 0 Å². The van der Waals surface area contributed by atoms with E-state index in [-0.39, 0.29) is 0 Å². The van der Waals surface area contributed by atoms with Gasteiger partial charge in [-0.1, -0.05) is 6.92 Å². The SMILES string of the molecule is CCC(C)N1C2COCC1CC(=O)C2. The lowest BCUT2D eigenvalue weighted by atomic mass is 9.91. The maximum absolute atomic E-state index is 11.5. The van der Waals surface area contributed by atoms with Crippen molar-refractivity contribution in [3.8, 4) is 0 Å². The van der Waals surface area contributed by atoms with Gasteiger partial charge in [0.15, 0.2) is 0 Å². The maximum Gasteiger partial charge on any atom is 0.136 e. The quantitative estimate of drug-likeness (QED) is 0.666. The lowest BCUT2D eigenvalue weighted by molar-refractivity contribution is -0.139. The smallest absolute Gasteiger partial charge is 0.136 e. The van der Waals surface area contributed by atoms with E-state index in [4.69, 9.17) is 4.74 Å². The summed E-state index contributed by atoms with van der Waals surface area (Å²) in [5, 5.41) is 0. The van der Waals surface area contributed by atoms with E-state index in [9.17, 15) is 4.79 Å². The average molecular weight is 197 g/mol. The summed E-state index contributed by atoms with van der Waals surface area (Å²) in [5.74, 6) is 0.419. The number of nitrogens with zero attached hydrogens (tertiary/aromatic N) is 1. The number of fused-ring (bicyclic) bond motifs is 2. The van der Waals surface area contributed by atoms with Crippen molar-refractivity contribution in [3.05, 3.63) is 0 Å². The van der Waals surface area contributed by atoms with Gasteiger partial charge < -0.3 is 4.74 Å². The van der Waals surface area contributed by atoms with Gasteiger partial charge in [-0.2, -0.15) is 0 Å². The molecule has 0 aromatic heterocycles. The van der Waals surface area contributed by atoms with Crippen LogP contribution in [0.4, 0.5) is 0 Å². The topological polar surface area (TPSA) is 29.5 Å². The van der Waals surface area contributed by atoms with Gasteiger partial charge in [0, 0.05) is 31.0 Å². The molecule has 0 aromatic carbocycles. The molecule has 3 atom stereocenters. The van der Waals surface area contributed by atoms with Gasteiger partial charge in [0.05, 0.1) is 13.2 Å². The number of morpholine rings is 1. The molecule has 2 bridgehead atoms. The van der Waals surface area contributed by atoms with Gasteiger partial charge in [-0.05, 0) is 13.3 Å². The Balaban J connectivity index is 2.12. The van der Waals surface area contributed by atoms with Gasteiger partial charge in [-0.15, -0.1) is 0 Å². The second-order valence-electron chi connectivity index (χ2n) is 4.50. The fourth-order valence-electron chi connectivity index (χ4n) is 2.68. The molecule has 2 aliphatic heterocycles. The molecule has 0 aromatic rings. The average Bonchev–Trinajstić information content (AvgIpc) is 2.15. The largest absolute Gasteiger partial charge is 0.378 e. The van der Waals surface area contributed by atoms with E-state index in [1.54, 1.807) is 0 Å². The zero-order chi connectivity index (χ0) is 10.1. The molecule has 14 heavy (non-hydrogen) atoms. The van der Waals surface area contributed by atoms with Crippen LogP contribution in [-0.4, -0.2) is 42.0 Å². The minimum Gasteiger partial charge on any atom is -0.378 e. The van der Waals surface area contributed by atoms with E-state index in [1.165, 1.54) is 0 Å². The third-order valence-electron chi connectivity index (χ3n) is 3.49. The monoisotopic (exact) mass is 197 g/mol. The fraction of sp³-hybridized carbons (Fsp3) is 0.909. The number of hydrogen-bond acceptors (Lipinski definition) is 3. The van der Waals surface area contributed by atoms with Crippen LogP contribution in [0.2, 0.25) is 0 Å². The number of carbonyl (C=O) groups excluding carboxylic acids is 1. The molecule has 0 N–H and O–H groups in total. The highest BCUT2D eigenvalue weighted by molar-refractivity contribution is 5.80. The first kappa shape index (κ1) is 10.1. The van der Waals surface area contributed by atoms with E-state index in [1.807, 2.05) is 0 Å². The molecule has 3 nitrogen and oxygen atoms in total. The van der Waals surface area contributed by atoms with E-state index in [2.05, 4.69) is 18.7 Å². The molecule has 0 radical (unpaired) electrons. The van der Waals surface area contributed by atoms with E-state index in [0.717, 1.165) is 19.6 Å². The summed E-state index contributed by atoms with van der Waals surface area (Å²) < 4.78 is 5.52. The molecule has 80 valence electrons. The highest BCUT2D eigenvalue weighted by atomic mass is 16.5. The molecule has 2 saturated heterocycles. The molecular formula is C11H19NO2. The standard InChI is InChI=1S/C11H19NO2/c1-3-8(2)12-9-4-11(13)5-10(12)7-14-6-9/h8-10H,3-7H2,1-2H3. The molecule has 0 saturated carbocycles. The van der Waals surface area contributed by atoms with Gasteiger partial charge in [0.25, 0.3) is 0 Å². The van der Waals surface area contributed by atoms with Crippen molar-refractivity contribution in [3.63, 3.8) is 0 Å². The molecule has 2 heterocycles. The summed E-state index contributed by atoms with van der Waals surface area (Å²) in [7, 11) is 0. The summed E-state index contributed by atoms with van der Waals surface area (Å²) >= 11 is 0. The third kappa shape index (κ3) is 1.71. The lowest BCUT2D eigenvalue weighted by Gasteiger charge is -2.48. The number of Topliss-reactive ketones (excluding diaryl/α,β-unsaturated/α-hetero) is 1. The lowest BCUT2D eigenvalue weighted by Crippen LogP contribution is -2.59. The van der Waals surface area contributed by atoms with Crippen molar-refractivity contribution in [2.75, 3.05) is 13.2 Å². The van der Waals surface area contributed by atoms with Crippen molar-refractivity contribution in [2.45, 2.75) is 51.2 Å². The van der Waals surface area contributed by atoms with E-state index < -0.39 is 0 Å². The van der Waals surface area contributed by atoms with Crippen LogP contribution in [0.3, 0.4) is 0 Å². The van der Waals surface area contributed by atoms with Crippen molar-refractivity contribution in [2.24, 2.45) is 0 Å². The number of carbonyl (C=O) groups is 1. The Morgan fingerprint density at radius 3 is 2.50 bits per heavy atom. The predicted molar refractivity (Wildman–Crippen MR) is 54.2 cm³/mol. The minimum absolute atomic E-state index is 0.352. The molecule has 2 aliphatic rings. The first-order valence-electron chi connectivity index (χ1n) is 5.59. The first-order valence-corrected chi connectivity index (χ1v) is 5.59. The first-order chi connectivity index (χ1) is 6.72. The van der Waals surface area contributed by atoms with Crippen LogP contribution in [-0.2, 0) is 9.53 Å². The van der Waals surface area contributed by atoms with Gasteiger partial charge in [0.2, 0.25) is 0 Å². The minimum atomic E-state index is 0.352. The molecule has 2 fully saturated rings. The van der Waals surface area contributed by atoms with Crippen molar-refractivity contribution in [1.29, 1.82) is 0 Å². The fourth-order valence-corrected chi connectivity index (χ4v) is 2.68. The van der Waals surface area contributed by atoms with E-state index >= 15 is 0 Å². The molecule has 0 aliphatic carbocycles.